The minimum absolute atomic E-state index is 0.107. The van der Waals surface area contributed by atoms with Gasteiger partial charge in [0.1, 0.15) is 6.04 Å². The van der Waals surface area contributed by atoms with Gasteiger partial charge in [-0.05, 0) is 55.7 Å². The minimum Gasteiger partial charge on any atom is -0.352 e. The largest absolute Gasteiger partial charge is 0.352 e. The molecule has 1 atom stereocenters. The van der Waals surface area contributed by atoms with Crippen LogP contribution in [0.3, 0.4) is 0 Å². The molecule has 4 nitrogen and oxygen atoms in total. The molecule has 0 aromatic heterocycles. The minimum atomic E-state index is -0.583. The van der Waals surface area contributed by atoms with Crippen LogP contribution in [0.15, 0.2) is 53.4 Å². The smallest absolute Gasteiger partial charge is 0.242 e. The van der Waals surface area contributed by atoms with E-state index in [0.717, 1.165) is 36.1 Å². The lowest BCUT2D eigenvalue weighted by molar-refractivity contribution is -0.138. The van der Waals surface area contributed by atoms with Crippen molar-refractivity contribution in [2.45, 2.75) is 56.1 Å². The Bertz CT molecular complexity index is 870. The molecule has 0 heterocycles. The predicted molar refractivity (Wildman–Crippen MR) is 124 cm³/mol. The summed E-state index contributed by atoms with van der Waals surface area (Å²) in [4.78, 5) is 28.6. The number of nitrogens with zero attached hydrogens (tertiary/aromatic N) is 1. The molecule has 160 valence electrons. The van der Waals surface area contributed by atoms with Crippen LogP contribution < -0.4 is 5.32 Å². The molecule has 1 saturated carbocycles. The van der Waals surface area contributed by atoms with Gasteiger partial charge in [0.05, 0.1) is 5.75 Å². The van der Waals surface area contributed by atoms with E-state index in [9.17, 15) is 9.59 Å². The normalized spacial score (nSPS) is 15.0. The Morgan fingerprint density at radius 1 is 1.10 bits per heavy atom. The van der Waals surface area contributed by atoms with Crippen LogP contribution >= 0.6 is 35.0 Å². The SMILES string of the molecule is C[C@@H](C(=O)NC1CCCC1)N(Cc1ccccc1Cl)C(=O)CSc1ccc(Cl)cc1. The number of benzene rings is 2. The first-order valence-corrected chi connectivity index (χ1v) is 11.9. The fourth-order valence-corrected chi connectivity index (χ4v) is 4.65. The summed E-state index contributed by atoms with van der Waals surface area (Å²) in [6.07, 6.45) is 4.28. The Balaban J connectivity index is 1.71. The van der Waals surface area contributed by atoms with Crippen LogP contribution in [0.5, 0.6) is 0 Å². The van der Waals surface area contributed by atoms with Crippen molar-refractivity contribution in [1.29, 1.82) is 0 Å². The average Bonchev–Trinajstić information content (AvgIpc) is 3.25. The molecule has 1 N–H and O–H groups in total. The van der Waals surface area contributed by atoms with E-state index >= 15 is 0 Å². The van der Waals surface area contributed by atoms with Gasteiger partial charge in [0.2, 0.25) is 11.8 Å². The molecule has 0 aliphatic heterocycles. The van der Waals surface area contributed by atoms with Gasteiger partial charge in [-0.25, -0.2) is 0 Å². The van der Waals surface area contributed by atoms with Gasteiger partial charge in [0, 0.05) is 27.5 Å². The van der Waals surface area contributed by atoms with Crippen molar-refractivity contribution in [3.05, 3.63) is 64.1 Å². The number of thioether (sulfide) groups is 1. The van der Waals surface area contributed by atoms with Gasteiger partial charge in [0.15, 0.2) is 0 Å². The van der Waals surface area contributed by atoms with Gasteiger partial charge in [-0.1, -0.05) is 54.2 Å². The molecule has 1 aliphatic rings. The van der Waals surface area contributed by atoms with Crippen molar-refractivity contribution in [1.82, 2.24) is 10.2 Å². The van der Waals surface area contributed by atoms with Gasteiger partial charge in [-0.3, -0.25) is 9.59 Å². The molecule has 3 rings (SSSR count). The molecule has 1 fully saturated rings. The number of hydrogen-bond donors (Lipinski definition) is 1. The quantitative estimate of drug-likeness (QED) is 0.520. The van der Waals surface area contributed by atoms with Crippen molar-refractivity contribution in [2.24, 2.45) is 0 Å². The van der Waals surface area contributed by atoms with E-state index in [4.69, 9.17) is 23.2 Å². The first-order chi connectivity index (χ1) is 14.4. The second kappa shape index (κ2) is 11.1. The van der Waals surface area contributed by atoms with Gasteiger partial charge < -0.3 is 10.2 Å². The van der Waals surface area contributed by atoms with E-state index in [0.29, 0.717) is 16.6 Å². The van der Waals surface area contributed by atoms with Crippen molar-refractivity contribution < 1.29 is 9.59 Å². The molecule has 7 heteroatoms. The zero-order chi connectivity index (χ0) is 21.5. The highest BCUT2D eigenvalue weighted by Gasteiger charge is 2.28. The first kappa shape index (κ1) is 23.0. The first-order valence-electron chi connectivity index (χ1n) is 10.2. The molecule has 0 spiro atoms. The fourth-order valence-electron chi connectivity index (χ4n) is 3.54. The standard InChI is InChI=1S/C23H26Cl2N2O2S/c1-16(23(29)26-19-7-3-4-8-19)27(14-17-6-2-5-9-21(17)25)22(28)15-30-20-12-10-18(24)11-13-20/h2,5-6,9-13,16,19H,3-4,7-8,14-15H2,1H3,(H,26,29)/t16-/m0/s1. The molecule has 1 aliphatic carbocycles. The Morgan fingerprint density at radius 2 is 1.77 bits per heavy atom. The number of amides is 2. The van der Waals surface area contributed by atoms with Crippen molar-refractivity contribution in [2.75, 3.05) is 5.75 Å². The zero-order valence-electron chi connectivity index (χ0n) is 16.9. The summed E-state index contributed by atoms with van der Waals surface area (Å²) in [6, 6.07) is 14.4. The van der Waals surface area contributed by atoms with E-state index in [1.54, 1.807) is 30.0 Å². The number of rotatable bonds is 8. The monoisotopic (exact) mass is 464 g/mol. The van der Waals surface area contributed by atoms with Gasteiger partial charge in [-0.15, -0.1) is 11.8 Å². The van der Waals surface area contributed by atoms with Crippen molar-refractivity contribution >= 4 is 46.8 Å². The van der Waals surface area contributed by atoms with Crippen LogP contribution in [0, 0.1) is 0 Å². The highest BCUT2D eigenvalue weighted by atomic mass is 35.5. The second-order valence-electron chi connectivity index (χ2n) is 7.52. The molecule has 2 aromatic rings. The zero-order valence-corrected chi connectivity index (χ0v) is 19.3. The van der Waals surface area contributed by atoms with Crippen LogP contribution in [-0.4, -0.2) is 34.6 Å². The third kappa shape index (κ3) is 6.40. The molecule has 0 unspecified atom stereocenters. The topological polar surface area (TPSA) is 49.4 Å². The van der Waals surface area contributed by atoms with Gasteiger partial charge >= 0.3 is 0 Å². The molecule has 0 bridgehead atoms. The van der Waals surface area contributed by atoms with Crippen molar-refractivity contribution in [3.63, 3.8) is 0 Å². The molecule has 0 saturated heterocycles. The predicted octanol–water partition coefficient (Wildman–Crippen LogP) is 5.56. The Labute approximate surface area is 192 Å². The van der Waals surface area contributed by atoms with Crippen LogP contribution in [0.2, 0.25) is 10.0 Å². The van der Waals surface area contributed by atoms with E-state index in [1.165, 1.54) is 11.8 Å². The van der Waals surface area contributed by atoms with Crippen LogP contribution in [-0.2, 0) is 16.1 Å². The summed E-state index contributed by atoms with van der Waals surface area (Å²) in [6.45, 7) is 2.07. The van der Waals surface area contributed by atoms with E-state index in [2.05, 4.69) is 5.32 Å². The van der Waals surface area contributed by atoms with Crippen LogP contribution in [0.4, 0.5) is 0 Å². The summed E-state index contributed by atoms with van der Waals surface area (Å²) >= 11 is 13.7. The van der Waals surface area contributed by atoms with Crippen molar-refractivity contribution in [3.8, 4) is 0 Å². The second-order valence-corrected chi connectivity index (χ2v) is 9.41. The fraction of sp³-hybridized carbons (Fsp3) is 0.391. The maximum atomic E-state index is 13.1. The molecular formula is C23H26Cl2N2O2S. The van der Waals surface area contributed by atoms with E-state index in [-0.39, 0.29) is 23.6 Å². The number of halogens is 2. The summed E-state index contributed by atoms with van der Waals surface area (Å²) in [5.74, 6) is 0.00961. The molecule has 0 radical (unpaired) electrons. The Kier molecular flexibility index (Phi) is 8.49. The highest BCUT2D eigenvalue weighted by molar-refractivity contribution is 8.00. The average molecular weight is 465 g/mol. The maximum Gasteiger partial charge on any atom is 0.242 e. The molecular weight excluding hydrogens is 439 g/mol. The van der Waals surface area contributed by atoms with Gasteiger partial charge in [-0.2, -0.15) is 0 Å². The lowest BCUT2D eigenvalue weighted by Crippen LogP contribution is -2.50. The highest BCUT2D eigenvalue weighted by Crippen LogP contribution is 2.24. The van der Waals surface area contributed by atoms with E-state index in [1.807, 2.05) is 30.3 Å². The molecule has 2 aromatic carbocycles. The third-order valence-electron chi connectivity index (χ3n) is 5.34. The lowest BCUT2D eigenvalue weighted by Gasteiger charge is -2.30. The van der Waals surface area contributed by atoms with E-state index < -0.39 is 6.04 Å². The number of carbonyl (C=O) groups is 2. The summed E-state index contributed by atoms with van der Waals surface area (Å²) < 4.78 is 0. The Morgan fingerprint density at radius 3 is 2.43 bits per heavy atom. The Hall–Kier alpha value is -1.69. The van der Waals surface area contributed by atoms with Crippen LogP contribution in [0.25, 0.3) is 0 Å². The lowest BCUT2D eigenvalue weighted by atomic mass is 10.1. The molecule has 2 amide bonds. The summed E-state index contributed by atoms with van der Waals surface area (Å²) in [5, 5.41) is 4.35. The summed E-state index contributed by atoms with van der Waals surface area (Å²) in [5.41, 5.74) is 0.824. The third-order valence-corrected chi connectivity index (χ3v) is 6.96. The van der Waals surface area contributed by atoms with Crippen LogP contribution in [0.1, 0.15) is 38.2 Å². The maximum absolute atomic E-state index is 13.1. The molecule has 30 heavy (non-hydrogen) atoms. The van der Waals surface area contributed by atoms with Gasteiger partial charge in [0.25, 0.3) is 0 Å². The number of nitrogens with one attached hydrogen (secondary N) is 1. The number of carbonyl (C=O) groups excluding carboxylic acids is 2. The summed E-state index contributed by atoms with van der Waals surface area (Å²) in [7, 11) is 0. The number of hydrogen-bond acceptors (Lipinski definition) is 3.